The fraction of sp³-hybridized carbons (Fsp3) is 0.0769. The van der Waals surface area contributed by atoms with Gasteiger partial charge in [-0.15, -0.1) is 0 Å². The van der Waals surface area contributed by atoms with Gasteiger partial charge < -0.3 is 0 Å². The van der Waals surface area contributed by atoms with Crippen molar-refractivity contribution in [2.45, 2.75) is 16.0 Å². The third-order valence-electron chi connectivity index (χ3n) is 3.07. The molecule has 0 saturated carbocycles. The van der Waals surface area contributed by atoms with Gasteiger partial charge in [0.2, 0.25) is 9.84 Å². The molecule has 1 aliphatic rings. The largest absolute Gasteiger partial charge is 0.416 e. The Hall–Kier alpha value is -1.82. The predicted octanol–water partition coefficient (Wildman–Crippen LogP) is 3.52. The van der Waals surface area contributed by atoms with Crippen LogP contribution in [-0.2, 0) is 16.0 Å². The lowest BCUT2D eigenvalue weighted by Crippen LogP contribution is -2.06. The quantitative estimate of drug-likeness (QED) is 0.633. The molecule has 19 heavy (non-hydrogen) atoms. The smallest absolute Gasteiger partial charge is 0.218 e. The molecular formula is C13H7F3O2S. The third kappa shape index (κ3) is 1.67. The van der Waals surface area contributed by atoms with Crippen molar-refractivity contribution in [3.8, 4) is 11.1 Å². The highest BCUT2D eigenvalue weighted by atomic mass is 32.2. The van der Waals surface area contributed by atoms with Crippen LogP contribution in [0.1, 0.15) is 5.56 Å². The number of sulfone groups is 1. The molecule has 3 rings (SSSR count). The van der Waals surface area contributed by atoms with E-state index in [9.17, 15) is 21.6 Å². The van der Waals surface area contributed by atoms with E-state index < -0.39 is 21.6 Å². The minimum absolute atomic E-state index is 0.0596. The number of benzene rings is 2. The number of hydrogen-bond donors (Lipinski definition) is 0. The van der Waals surface area contributed by atoms with Crippen molar-refractivity contribution in [1.29, 1.82) is 0 Å². The lowest BCUT2D eigenvalue weighted by molar-refractivity contribution is -0.137. The fourth-order valence-electron chi connectivity index (χ4n) is 2.19. The summed E-state index contributed by atoms with van der Waals surface area (Å²) in [7, 11) is -3.85. The van der Waals surface area contributed by atoms with E-state index in [-0.39, 0.29) is 9.79 Å². The van der Waals surface area contributed by atoms with E-state index in [1.165, 1.54) is 12.1 Å². The summed E-state index contributed by atoms with van der Waals surface area (Å²) in [6.07, 6.45) is -4.56. The van der Waals surface area contributed by atoms with Crippen LogP contribution in [0.2, 0.25) is 0 Å². The van der Waals surface area contributed by atoms with Gasteiger partial charge in [0.05, 0.1) is 15.4 Å². The van der Waals surface area contributed by atoms with E-state index in [0.29, 0.717) is 17.2 Å². The molecule has 2 nitrogen and oxygen atoms in total. The zero-order chi connectivity index (χ0) is 13.8. The molecule has 0 fully saturated rings. The van der Waals surface area contributed by atoms with Crippen LogP contribution in [0.15, 0.2) is 52.3 Å². The Balaban J connectivity index is 2.34. The molecule has 2 aromatic rings. The van der Waals surface area contributed by atoms with Crippen molar-refractivity contribution in [2.24, 2.45) is 0 Å². The van der Waals surface area contributed by atoms with Crippen molar-refractivity contribution in [3.63, 3.8) is 0 Å². The molecule has 0 saturated heterocycles. The fourth-order valence-corrected chi connectivity index (χ4v) is 3.90. The molecule has 98 valence electrons. The van der Waals surface area contributed by atoms with Crippen LogP contribution in [0.25, 0.3) is 11.1 Å². The Morgan fingerprint density at radius 1 is 0.842 bits per heavy atom. The van der Waals surface area contributed by atoms with E-state index in [0.717, 1.165) is 6.07 Å². The number of fused-ring (bicyclic) bond motifs is 3. The summed E-state index contributed by atoms with van der Waals surface area (Å²) < 4.78 is 62.3. The summed E-state index contributed by atoms with van der Waals surface area (Å²) >= 11 is 0. The normalized spacial score (nSPS) is 15.9. The van der Waals surface area contributed by atoms with E-state index in [4.69, 9.17) is 0 Å². The maximum Gasteiger partial charge on any atom is 0.416 e. The maximum atomic E-state index is 12.6. The standard InChI is InChI=1S/C13H7F3O2S/c14-13(15,16)8-5-6-10-9-3-1-2-4-11(9)19(17,18)12(10)7-8/h1-7H. The minimum Gasteiger partial charge on any atom is -0.218 e. The van der Waals surface area contributed by atoms with Crippen LogP contribution in [0.5, 0.6) is 0 Å². The lowest BCUT2D eigenvalue weighted by atomic mass is 10.0. The van der Waals surface area contributed by atoms with Gasteiger partial charge in [-0.25, -0.2) is 8.42 Å². The lowest BCUT2D eigenvalue weighted by Gasteiger charge is -2.08. The monoisotopic (exact) mass is 284 g/mol. The van der Waals surface area contributed by atoms with Gasteiger partial charge in [0.15, 0.2) is 0 Å². The van der Waals surface area contributed by atoms with Gasteiger partial charge in [-0.05, 0) is 18.2 Å². The van der Waals surface area contributed by atoms with Crippen LogP contribution < -0.4 is 0 Å². The molecule has 0 N–H and O–H groups in total. The Kier molecular flexibility index (Phi) is 2.32. The number of rotatable bonds is 0. The minimum atomic E-state index is -4.56. The summed E-state index contributed by atoms with van der Waals surface area (Å²) in [5.41, 5.74) is -0.183. The molecule has 0 bridgehead atoms. The highest BCUT2D eigenvalue weighted by molar-refractivity contribution is 7.92. The second kappa shape index (κ2) is 3.60. The Morgan fingerprint density at radius 3 is 2.16 bits per heavy atom. The highest BCUT2D eigenvalue weighted by Gasteiger charge is 2.37. The first-order valence-electron chi connectivity index (χ1n) is 5.37. The molecule has 0 spiro atoms. The molecule has 1 heterocycles. The van der Waals surface area contributed by atoms with Crippen molar-refractivity contribution in [1.82, 2.24) is 0 Å². The van der Waals surface area contributed by atoms with Gasteiger partial charge in [0, 0.05) is 11.1 Å². The summed E-state index contributed by atoms with van der Waals surface area (Å²) in [5.74, 6) is 0. The molecule has 0 aliphatic carbocycles. The van der Waals surface area contributed by atoms with Gasteiger partial charge >= 0.3 is 6.18 Å². The van der Waals surface area contributed by atoms with Crippen LogP contribution in [-0.4, -0.2) is 8.42 Å². The second-order valence-corrected chi connectivity index (χ2v) is 6.09. The number of halogens is 3. The van der Waals surface area contributed by atoms with Crippen molar-refractivity contribution < 1.29 is 21.6 Å². The molecule has 0 atom stereocenters. The zero-order valence-corrected chi connectivity index (χ0v) is 10.2. The zero-order valence-electron chi connectivity index (χ0n) is 9.40. The molecule has 1 aliphatic heterocycles. The molecule has 2 aromatic carbocycles. The molecule has 0 unspecified atom stereocenters. The van der Waals surface area contributed by atoms with Gasteiger partial charge in [-0.3, -0.25) is 0 Å². The molecule has 0 aromatic heterocycles. The number of alkyl halides is 3. The maximum absolute atomic E-state index is 12.6. The van der Waals surface area contributed by atoms with Gasteiger partial charge in [0.1, 0.15) is 0 Å². The van der Waals surface area contributed by atoms with Crippen LogP contribution in [0, 0.1) is 0 Å². The predicted molar refractivity (Wildman–Crippen MR) is 62.3 cm³/mol. The van der Waals surface area contributed by atoms with E-state index in [2.05, 4.69) is 0 Å². The number of hydrogen-bond acceptors (Lipinski definition) is 2. The van der Waals surface area contributed by atoms with Gasteiger partial charge in [0.25, 0.3) is 0 Å². The van der Waals surface area contributed by atoms with E-state index in [1.54, 1.807) is 18.2 Å². The second-order valence-electron chi connectivity index (χ2n) is 4.21. The van der Waals surface area contributed by atoms with Crippen molar-refractivity contribution in [2.75, 3.05) is 0 Å². The Morgan fingerprint density at radius 2 is 1.47 bits per heavy atom. The molecule has 6 heteroatoms. The Labute approximate surface area is 107 Å². The Bertz CT molecular complexity index is 777. The highest BCUT2D eigenvalue weighted by Crippen LogP contribution is 2.44. The van der Waals surface area contributed by atoms with Crippen LogP contribution in [0.3, 0.4) is 0 Å². The van der Waals surface area contributed by atoms with Crippen LogP contribution >= 0.6 is 0 Å². The first-order chi connectivity index (χ1) is 8.82. The van der Waals surface area contributed by atoms with Gasteiger partial charge in [-0.2, -0.15) is 13.2 Å². The van der Waals surface area contributed by atoms with Crippen LogP contribution in [0.4, 0.5) is 13.2 Å². The van der Waals surface area contributed by atoms with E-state index in [1.807, 2.05) is 0 Å². The van der Waals surface area contributed by atoms with Gasteiger partial charge in [-0.1, -0.05) is 24.3 Å². The average Bonchev–Trinajstić information content (AvgIpc) is 2.58. The molecule has 0 radical (unpaired) electrons. The average molecular weight is 284 g/mol. The first kappa shape index (κ1) is 12.2. The topological polar surface area (TPSA) is 34.1 Å². The molecular weight excluding hydrogens is 277 g/mol. The SMILES string of the molecule is O=S1(=O)c2ccccc2-c2ccc(C(F)(F)F)cc21. The summed E-state index contributed by atoms with van der Waals surface area (Å²) in [6, 6.07) is 9.00. The third-order valence-corrected chi connectivity index (χ3v) is 4.92. The molecule has 0 amide bonds. The van der Waals surface area contributed by atoms with Crippen molar-refractivity contribution in [3.05, 3.63) is 48.0 Å². The van der Waals surface area contributed by atoms with Crippen molar-refractivity contribution >= 4 is 9.84 Å². The summed E-state index contributed by atoms with van der Waals surface area (Å²) in [6.45, 7) is 0. The summed E-state index contributed by atoms with van der Waals surface area (Å²) in [5, 5.41) is 0. The van der Waals surface area contributed by atoms with E-state index >= 15 is 0 Å². The summed E-state index contributed by atoms with van der Waals surface area (Å²) in [4.78, 5) is -0.215. The first-order valence-corrected chi connectivity index (χ1v) is 6.86.